The summed E-state index contributed by atoms with van der Waals surface area (Å²) < 4.78 is 0. The number of hydrogen-bond donors (Lipinski definition) is 1. The SMILES string of the molecule is CCCC[C-]=C(CCCC)CCC(O)CC.[CH]1[CH][CH][CH][CH]1.[CH]1[CH][CH][CH][CH]1.[Zr]. The van der Waals surface area contributed by atoms with Crippen molar-refractivity contribution in [1.29, 1.82) is 0 Å². The zero-order valence-corrected chi connectivity index (χ0v) is 20.1. The van der Waals surface area contributed by atoms with Crippen molar-refractivity contribution in [1.82, 2.24) is 0 Å². The monoisotopic (exact) mass is 445 g/mol. The second-order valence-electron chi connectivity index (χ2n) is 6.51. The van der Waals surface area contributed by atoms with E-state index in [0.29, 0.717) is 0 Å². The average molecular weight is 447 g/mol. The second-order valence-corrected chi connectivity index (χ2v) is 6.51. The van der Waals surface area contributed by atoms with Crippen LogP contribution in [0.5, 0.6) is 0 Å². The molecule has 0 aliphatic heterocycles. The molecule has 150 valence electrons. The van der Waals surface area contributed by atoms with Crippen LogP contribution >= 0.6 is 0 Å². The molecule has 2 heteroatoms. The molecule has 1 N–H and O–H groups in total. The van der Waals surface area contributed by atoms with Crippen molar-refractivity contribution in [2.75, 3.05) is 0 Å². The molecule has 1 atom stereocenters. The smallest absolute Gasteiger partial charge is 0.0539 e. The average Bonchev–Trinajstić information content (AvgIpc) is 3.41. The van der Waals surface area contributed by atoms with E-state index in [-0.39, 0.29) is 32.3 Å². The molecule has 0 aromatic rings. The maximum atomic E-state index is 9.56. The van der Waals surface area contributed by atoms with Gasteiger partial charge in [-0.25, -0.2) is 0 Å². The Morgan fingerprint density at radius 1 is 0.741 bits per heavy atom. The molecule has 10 radical (unpaired) electrons. The van der Waals surface area contributed by atoms with Crippen LogP contribution in [0.3, 0.4) is 0 Å². The van der Waals surface area contributed by atoms with Gasteiger partial charge in [0.2, 0.25) is 0 Å². The summed E-state index contributed by atoms with van der Waals surface area (Å²) in [7, 11) is 0. The molecule has 2 rings (SSSR count). The fraction of sp³-hybridized carbons (Fsp3) is 0.520. The molecule has 1 nitrogen and oxygen atoms in total. The Kier molecular flexibility index (Phi) is 27.2. The normalized spacial score (nSPS) is 17.3. The summed E-state index contributed by atoms with van der Waals surface area (Å²) in [4.78, 5) is 0. The van der Waals surface area contributed by atoms with E-state index in [0.717, 1.165) is 25.7 Å². The third kappa shape index (κ3) is 22.7. The second kappa shape index (κ2) is 24.6. The van der Waals surface area contributed by atoms with Gasteiger partial charge in [-0.1, -0.05) is 59.3 Å². The van der Waals surface area contributed by atoms with Crippen molar-refractivity contribution >= 4 is 0 Å². The molecule has 0 heterocycles. The van der Waals surface area contributed by atoms with Gasteiger partial charge in [0.1, 0.15) is 0 Å². The molecule has 0 saturated heterocycles. The van der Waals surface area contributed by atoms with Gasteiger partial charge in [-0.15, -0.1) is 0 Å². The zero-order chi connectivity index (χ0) is 19.3. The fourth-order valence-corrected chi connectivity index (χ4v) is 2.32. The molecule has 0 aromatic carbocycles. The van der Waals surface area contributed by atoms with Crippen LogP contribution in [0.1, 0.15) is 78.6 Å². The van der Waals surface area contributed by atoms with Gasteiger partial charge in [-0.2, -0.15) is 6.42 Å². The van der Waals surface area contributed by atoms with Gasteiger partial charge in [0.05, 0.1) is 6.10 Å². The van der Waals surface area contributed by atoms with Crippen LogP contribution in [-0.4, -0.2) is 11.2 Å². The molecular weight excluding hydrogens is 407 g/mol. The van der Waals surface area contributed by atoms with Gasteiger partial charge in [-0.3, -0.25) is 5.57 Å². The third-order valence-electron chi connectivity index (χ3n) is 4.10. The summed E-state index contributed by atoms with van der Waals surface area (Å²) in [6.45, 7) is 6.49. The number of hydrogen-bond acceptors (Lipinski definition) is 1. The van der Waals surface area contributed by atoms with Crippen LogP contribution in [0.2, 0.25) is 0 Å². The molecule has 0 amide bonds. The Morgan fingerprint density at radius 2 is 1.19 bits per heavy atom. The first-order chi connectivity index (χ1) is 12.7. The van der Waals surface area contributed by atoms with Crippen molar-refractivity contribution in [2.45, 2.75) is 84.7 Å². The molecule has 2 saturated carbocycles. The van der Waals surface area contributed by atoms with Crippen LogP contribution in [0.4, 0.5) is 0 Å². The number of rotatable bonds is 10. The van der Waals surface area contributed by atoms with E-state index in [2.05, 4.69) is 19.9 Å². The molecule has 0 bridgehead atoms. The summed E-state index contributed by atoms with van der Waals surface area (Å²) in [6, 6.07) is 0. The summed E-state index contributed by atoms with van der Waals surface area (Å²) in [5.41, 5.74) is 1.45. The summed E-state index contributed by atoms with van der Waals surface area (Å²) in [5.74, 6) is 0. The molecule has 2 fully saturated rings. The summed E-state index contributed by atoms with van der Waals surface area (Å²) in [5, 5.41) is 9.56. The van der Waals surface area contributed by atoms with E-state index in [4.69, 9.17) is 0 Å². The maximum Gasteiger partial charge on any atom is 0.0539 e. The number of aliphatic hydroxyl groups is 1. The van der Waals surface area contributed by atoms with Crippen molar-refractivity contribution in [3.8, 4) is 0 Å². The van der Waals surface area contributed by atoms with E-state index in [1.165, 1.54) is 37.7 Å². The third-order valence-corrected chi connectivity index (χ3v) is 4.10. The molecular formula is C25H39OZr-. The largest absolute Gasteiger partial charge is 0.497 e. The number of allylic oxidation sites excluding steroid dienone is 2. The predicted octanol–water partition coefficient (Wildman–Crippen LogP) is 6.69. The summed E-state index contributed by atoms with van der Waals surface area (Å²) in [6.07, 6.45) is 33.5. The van der Waals surface area contributed by atoms with E-state index in [1.807, 2.05) is 71.1 Å². The van der Waals surface area contributed by atoms with Gasteiger partial charge in [0, 0.05) is 26.2 Å². The maximum absolute atomic E-state index is 9.56. The number of unbranched alkanes of at least 4 members (excludes halogenated alkanes) is 3. The Bertz CT molecular complexity index is 267. The van der Waals surface area contributed by atoms with Gasteiger partial charge in [0.25, 0.3) is 0 Å². The van der Waals surface area contributed by atoms with Gasteiger partial charge in [-0.05, 0) is 77.0 Å². The Morgan fingerprint density at radius 3 is 1.56 bits per heavy atom. The van der Waals surface area contributed by atoms with Crippen LogP contribution in [-0.2, 0) is 26.2 Å². The van der Waals surface area contributed by atoms with Crippen LogP contribution in [0.15, 0.2) is 5.57 Å². The van der Waals surface area contributed by atoms with Crippen LogP contribution in [0.25, 0.3) is 0 Å². The minimum Gasteiger partial charge on any atom is -0.497 e. The van der Waals surface area contributed by atoms with Gasteiger partial charge < -0.3 is 11.2 Å². The quantitative estimate of drug-likeness (QED) is 0.293. The molecule has 27 heavy (non-hydrogen) atoms. The Balaban J connectivity index is 0. The minimum atomic E-state index is -0.121. The van der Waals surface area contributed by atoms with Crippen LogP contribution < -0.4 is 0 Å². The minimum absolute atomic E-state index is 0. The first-order valence-electron chi connectivity index (χ1n) is 10.3. The van der Waals surface area contributed by atoms with Crippen molar-refractivity contribution in [2.24, 2.45) is 0 Å². The van der Waals surface area contributed by atoms with E-state index < -0.39 is 0 Å². The van der Waals surface area contributed by atoms with E-state index in [1.54, 1.807) is 0 Å². The van der Waals surface area contributed by atoms with E-state index >= 15 is 0 Å². The van der Waals surface area contributed by atoms with Crippen molar-refractivity contribution in [3.05, 3.63) is 75.9 Å². The number of aliphatic hydroxyl groups excluding tert-OH is 1. The Hall–Kier alpha value is 0.583. The van der Waals surface area contributed by atoms with Gasteiger partial charge in [0.15, 0.2) is 0 Å². The van der Waals surface area contributed by atoms with Gasteiger partial charge >= 0.3 is 0 Å². The molecule has 2 aliphatic rings. The zero-order valence-electron chi connectivity index (χ0n) is 17.7. The first kappa shape index (κ1) is 29.8. The predicted molar refractivity (Wildman–Crippen MR) is 114 cm³/mol. The van der Waals surface area contributed by atoms with Crippen LogP contribution in [0, 0.1) is 70.3 Å². The van der Waals surface area contributed by atoms with E-state index in [9.17, 15) is 5.11 Å². The van der Waals surface area contributed by atoms with Crippen molar-refractivity contribution < 1.29 is 31.3 Å². The first-order valence-corrected chi connectivity index (χ1v) is 10.3. The fourth-order valence-electron chi connectivity index (χ4n) is 2.32. The topological polar surface area (TPSA) is 20.2 Å². The van der Waals surface area contributed by atoms with Crippen molar-refractivity contribution in [3.63, 3.8) is 0 Å². The Labute approximate surface area is 191 Å². The molecule has 1 unspecified atom stereocenters. The summed E-state index contributed by atoms with van der Waals surface area (Å²) >= 11 is 0. The standard InChI is InChI=1S/C15H29O.2C5H5.Zr/c1-4-7-9-11-14(10-8-5-2)12-13-15(16)6-3;2*1-2-4-5-3-1;/h15-16H,4-10,12-13H2,1-3H3;2*1-5H;/q-1;;;. The molecule has 2 aliphatic carbocycles. The molecule has 0 aromatic heterocycles. The molecule has 0 spiro atoms.